The van der Waals surface area contributed by atoms with Crippen molar-refractivity contribution in [2.24, 2.45) is 0 Å². The molecule has 1 rings (SSSR count). The first-order chi connectivity index (χ1) is 7.18. The smallest absolute Gasteiger partial charge is 0.303 e. The van der Waals surface area contributed by atoms with Crippen molar-refractivity contribution >= 4 is 11.9 Å². The van der Waals surface area contributed by atoms with Crippen molar-refractivity contribution in [2.75, 3.05) is 26.2 Å². The minimum Gasteiger partial charge on any atom is -0.481 e. The van der Waals surface area contributed by atoms with Crippen LogP contribution in [0.5, 0.6) is 0 Å². The fourth-order valence-corrected chi connectivity index (χ4v) is 1.65. The molecular formula is C10H18N2O3. The molecule has 0 unspecified atom stereocenters. The van der Waals surface area contributed by atoms with Gasteiger partial charge in [-0.05, 0) is 19.4 Å². The molecule has 86 valence electrons. The molecule has 1 aliphatic rings. The van der Waals surface area contributed by atoms with Gasteiger partial charge in [0.1, 0.15) is 0 Å². The highest BCUT2D eigenvalue weighted by Gasteiger charge is 2.12. The zero-order chi connectivity index (χ0) is 11.1. The second-order valence-electron chi connectivity index (χ2n) is 3.79. The molecular weight excluding hydrogens is 196 g/mol. The first-order valence-corrected chi connectivity index (χ1v) is 5.39. The summed E-state index contributed by atoms with van der Waals surface area (Å²) in [6.07, 6.45) is 2.40. The van der Waals surface area contributed by atoms with Crippen LogP contribution in [0.4, 0.5) is 0 Å². The predicted molar refractivity (Wildman–Crippen MR) is 55.6 cm³/mol. The molecule has 5 heteroatoms. The Morgan fingerprint density at radius 1 is 1.40 bits per heavy atom. The molecule has 0 bridgehead atoms. The molecule has 0 aromatic heterocycles. The molecule has 0 saturated carbocycles. The Hall–Kier alpha value is -1.10. The second kappa shape index (κ2) is 6.40. The van der Waals surface area contributed by atoms with Gasteiger partial charge in [0.2, 0.25) is 5.91 Å². The van der Waals surface area contributed by atoms with Crippen LogP contribution in [0.1, 0.15) is 25.7 Å². The number of aliphatic carboxylic acids is 1. The van der Waals surface area contributed by atoms with Crippen LogP contribution in [0, 0.1) is 0 Å². The van der Waals surface area contributed by atoms with E-state index in [-0.39, 0.29) is 12.3 Å². The zero-order valence-corrected chi connectivity index (χ0v) is 8.87. The van der Waals surface area contributed by atoms with Gasteiger partial charge >= 0.3 is 5.97 Å². The molecule has 0 atom stereocenters. The molecule has 1 fully saturated rings. The molecule has 0 aromatic rings. The fourth-order valence-electron chi connectivity index (χ4n) is 1.65. The van der Waals surface area contributed by atoms with Crippen LogP contribution in [0.15, 0.2) is 0 Å². The van der Waals surface area contributed by atoms with Crippen LogP contribution in [-0.4, -0.2) is 48.1 Å². The highest BCUT2D eigenvalue weighted by atomic mass is 16.4. The first-order valence-electron chi connectivity index (χ1n) is 5.39. The van der Waals surface area contributed by atoms with Crippen LogP contribution in [-0.2, 0) is 9.59 Å². The summed E-state index contributed by atoms with van der Waals surface area (Å²) in [5.74, 6) is -0.620. The van der Waals surface area contributed by atoms with E-state index in [1.807, 2.05) is 0 Å². The molecule has 0 aromatic carbocycles. The summed E-state index contributed by atoms with van der Waals surface area (Å²) in [5.41, 5.74) is 0. The van der Waals surface area contributed by atoms with Gasteiger partial charge in [0, 0.05) is 32.5 Å². The molecule has 1 heterocycles. The summed E-state index contributed by atoms with van der Waals surface area (Å²) in [5, 5.41) is 11.3. The molecule has 1 saturated heterocycles. The van der Waals surface area contributed by atoms with E-state index in [0.29, 0.717) is 19.4 Å². The summed E-state index contributed by atoms with van der Waals surface area (Å²) in [6.45, 7) is 3.26. The Morgan fingerprint density at radius 3 is 2.93 bits per heavy atom. The van der Waals surface area contributed by atoms with Crippen LogP contribution < -0.4 is 5.32 Å². The van der Waals surface area contributed by atoms with Crippen LogP contribution in [0.2, 0.25) is 0 Å². The average molecular weight is 214 g/mol. The lowest BCUT2D eigenvalue weighted by molar-refractivity contribution is -0.137. The Balaban J connectivity index is 2.10. The van der Waals surface area contributed by atoms with Gasteiger partial charge in [-0.2, -0.15) is 0 Å². The molecule has 1 amide bonds. The summed E-state index contributed by atoms with van der Waals surface area (Å²) in [4.78, 5) is 23.5. The highest BCUT2D eigenvalue weighted by Crippen LogP contribution is 2.01. The average Bonchev–Trinajstić information content (AvgIpc) is 2.38. The molecule has 2 N–H and O–H groups in total. The van der Waals surface area contributed by atoms with E-state index >= 15 is 0 Å². The van der Waals surface area contributed by atoms with E-state index in [1.165, 1.54) is 0 Å². The Kier molecular flexibility index (Phi) is 5.10. The maximum absolute atomic E-state index is 11.0. The van der Waals surface area contributed by atoms with E-state index in [4.69, 9.17) is 5.11 Å². The van der Waals surface area contributed by atoms with Gasteiger partial charge in [0.25, 0.3) is 0 Å². The van der Waals surface area contributed by atoms with E-state index < -0.39 is 5.97 Å². The number of carbonyl (C=O) groups excluding carboxylic acids is 1. The number of unbranched alkanes of at least 4 members (excludes halogenated alkanes) is 1. The number of carbonyl (C=O) groups is 2. The highest BCUT2D eigenvalue weighted by molar-refractivity contribution is 5.76. The number of hydrogen-bond donors (Lipinski definition) is 2. The number of amides is 1. The number of rotatable bonds is 5. The summed E-state index contributed by atoms with van der Waals surface area (Å²) in [6, 6.07) is 0. The van der Waals surface area contributed by atoms with Crippen LogP contribution in [0.25, 0.3) is 0 Å². The second-order valence-corrected chi connectivity index (χ2v) is 3.79. The fraction of sp³-hybridized carbons (Fsp3) is 0.800. The number of nitrogens with zero attached hydrogens (tertiary/aromatic N) is 1. The van der Waals surface area contributed by atoms with Crippen molar-refractivity contribution in [1.29, 1.82) is 0 Å². The van der Waals surface area contributed by atoms with Gasteiger partial charge in [-0.1, -0.05) is 0 Å². The third-order valence-corrected chi connectivity index (χ3v) is 2.52. The third-order valence-electron chi connectivity index (χ3n) is 2.52. The predicted octanol–water partition coefficient (Wildman–Crippen LogP) is 0.0632. The normalized spacial score (nSPS) is 18.3. The van der Waals surface area contributed by atoms with Crippen molar-refractivity contribution in [2.45, 2.75) is 25.7 Å². The number of carboxylic acids is 1. The molecule has 0 spiro atoms. The van der Waals surface area contributed by atoms with Crippen molar-refractivity contribution in [1.82, 2.24) is 10.2 Å². The summed E-state index contributed by atoms with van der Waals surface area (Å²) >= 11 is 0. The van der Waals surface area contributed by atoms with Crippen molar-refractivity contribution < 1.29 is 14.7 Å². The molecule has 0 aliphatic carbocycles. The van der Waals surface area contributed by atoms with Crippen molar-refractivity contribution in [3.63, 3.8) is 0 Å². The topological polar surface area (TPSA) is 69.6 Å². The first kappa shape index (κ1) is 12.0. The van der Waals surface area contributed by atoms with E-state index in [2.05, 4.69) is 10.2 Å². The van der Waals surface area contributed by atoms with E-state index in [1.54, 1.807) is 0 Å². The van der Waals surface area contributed by atoms with Crippen molar-refractivity contribution in [3.8, 4) is 0 Å². The van der Waals surface area contributed by atoms with Gasteiger partial charge in [-0.25, -0.2) is 0 Å². The standard InChI is InChI=1S/C10H18N2O3/c13-9-4-7-12(8-5-11-9)6-2-1-3-10(14)15/h1-8H2,(H,11,13)(H,14,15). The molecule has 1 aliphatic heterocycles. The SMILES string of the molecule is O=C(O)CCCCN1CCNC(=O)CC1. The van der Waals surface area contributed by atoms with Gasteiger partial charge in [0.05, 0.1) is 0 Å². The third kappa shape index (κ3) is 5.37. The number of carboxylic acid groups (broad SMARTS) is 1. The maximum Gasteiger partial charge on any atom is 0.303 e. The minimum atomic E-state index is -0.734. The summed E-state index contributed by atoms with van der Waals surface area (Å²) < 4.78 is 0. The number of nitrogens with one attached hydrogen (secondary N) is 1. The van der Waals surface area contributed by atoms with Gasteiger partial charge in [-0.15, -0.1) is 0 Å². The molecule has 0 radical (unpaired) electrons. The quantitative estimate of drug-likeness (QED) is 0.635. The maximum atomic E-state index is 11.0. The monoisotopic (exact) mass is 214 g/mol. The van der Waals surface area contributed by atoms with Crippen LogP contribution in [0.3, 0.4) is 0 Å². The van der Waals surface area contributed by atoms with Gasteiger partial charge < -0.3 is 15.3 Å². The van der Waals surface area contributed by atoms with E-state index in [0.717, 1.165) is 26.1 Å². The number of hydrogen-bond acceptors (Lipinski definition) is 3. The lowest BCUT2D eigenvalue weighted by atomic mass is 10.2. The van der Waals surface area contributed by atoms with Crippen molar-refractivity contribution in [3.05, 3.63) is 0 Å². The Bertz CT molecular complexity index is 231. The Morgan fingerprint density at radius 2 is 2.20 bits per heavy atom. The largest absolute Gasteiger partial charge is 0.481 e. The molecule has 15 heavy (non-hydrogen) atoms. The van der Waals surface area contributed by atoms with Gasteiger partial charge in [0.15, 0.2) is 0 Å². The lowest BCUT2D eigenvalue weighted by Gasteiger charge is -2.18. The molecule has 5 nitrogen and oxygen atoms in total. The zero-order valence-electron chi connectivity index (χ0n) is 8.87. The summed E-state index contributed by atoms with van der Waals surface area (Å²) in [7, 11) is 0. The Labute approximate surface area is 89.4 Å². The van der Waals surface area contributed by atoms with Crippen LogP contribution >= 0.6 is 0 Å². The minimum absolute atomic E-state index is 0.114. The van der Waals surface area contributed by atoms with E-state index in [9.17, 15) is 9.59 Å². The van der Waals surface area contributed by atoms with Gasteiger partial charge in [-0.3, -0.25) is 9.59 Å². The lowest BCUT2D eigenvalue weighted by Crippen LogP contribution is -2.29.